The SMILES string of the molecule is CNC(=O)c1ccc(N)cc1NCC1(CO)CC1. The van der Waals surface area contributed by atoms with Crippen molar-refractivity contribution in [2.24, 2.45) is 5.41 Å². The summed E-state index contributed by atoms with van der Waals surface area (Å²) < 4.78 is 0. The number of hydrogen-bond acceptors (Lipinski definition) is 4. The maximum atomic E-state index is 11.7. The largest absolute Gasteiger partial charge is 0.399 e. The number of nitrogen functional groups attached to an aromatic ring is 1. The molecule has 0 unspecified atom stereocenters. The smallest absolute Gasteiger partial charge is 0.253 e. The first kappa shape index (κ1) is 12.7. The number of amides is 1. The fraction of sp³-hybridized carbons (Fsp3) is 0.462. The van der Waals surface area contributed by atoms with Crippen molar-refractivity contribution in [2.75, 3.05) is 31.2 Å². The number of benzene rings is 1. The number of anilines is 2. The molecule has 2 rings (SSSR count). The zero-order chi connectivity index (χ0) is 13.2. The molecular weight excluding hydrogens is 230 g/mol. The highest BCUT2D eigenvalue weighted by molar-refractivity contribution is 6.00. The van der Waals surface area contributed by atoms with Gasteiger partial charge >= 0.3 is 0 Å². The molecule has 1 saturated carbocycles. The van der Waals surface area contributed by atoms with E-state index in [0.717, 1.165) is 12.8 Å². The minimum atomic E-state index is -0.147. The molecule has 0 atom stereocenters. The molecule has 1 amide bonds. The molecule has 1 fully saturated rings. The Kier molecular flexibility index (Phi) is 3.43. The number of nitrogens with one attached hydrogen (secondary N) is 2. The van der Waals surface area contributed by atoms with Gasteiger partial charge in [-0.05, 0) is 31.0 Å². The Balaban J connectivity index is 2.14. The lowest BCUT2D eigenvalue weighted by Crippen LogP contribution is -2.23. The van der Waals surface area contributed by atoms with E-state index in [1.54, 1.807) is 25.2 Å². The highest BCUT2D eigenvalue weighted by Crippen LogP contribution is 2.45. The zero-order valence-corrected chi connectivity index (χ0v) is 10.5. The fourth-order valence-corrected chi connectivity index (χ4v) is 1.89. The maximum Gasteiger partial charge on any atom is 0.253 e. The van der Waals surface area contributed by atoms with Crippen LogP contribution < -0.4 is 16.4 Å². The minimum Gasteiger partial charge on any atom is -0.399 e. The molecule has 0 aromatic heterocycles. The monoisotopic (exact) mass is 249 g/mol. The second-order valence-electron chi connectivity index (χ2n) is 4.90. The first-order valence-electron chi connectivity index (χ1n) is 6.06. The topological polar surface area (TPSA) is 87.4 Å². The van der Waals surface area contributed by atoms with Gasteiger partial charge in [-0.25, -0.2) is 0 Å². The Morgan fingerprint density at radius 2 is 2.22 bits per heavy atom. The minimum absolute atomic E-state index is 0.00936. The molecule has 1 aromatic rings. The van der Waals surface area contributed by atoms with E-state index in [0.29, 0.717) is 23.5 Å². The standard InChI is InChI=1S/C13H19N3O2/c1-15-12(18)10-3-2-9(14)6-11(10)16-7-13(8-17)4-5-13/h2-3,6,16-17H,4-5,7-8,14H2,1H3,(H,15,18). The van der Waals surface area contributed by atoms with Gasteiger partial charge in [0, 0.05) is 30.4 Å². The van der Waals surface area contributed by atoms with E-state index in [1.165, 1.54) is 0 Å². The molecule has 18 heavy (non-hydrogen) atoms. The summed E-state index contributed by atoms with van der Waals surface area (Å²) in [6.07, 6.45) is 2.04. The van der Waals surface area contributed by atoms with Gasteiger partial charge in [0.05, 0.1) is 12.2 Å². The molecule has 0 aliphatic heterocycles. The van der Waals surface area contributed by atoms with Gasteiger partial charge in [-0.2, -0.15) is 0 Å². The second kappa shape index (κ2) is 4.86. The van der Waals surface area contributed by atoms with Crippen molar-refractivity contribution in [1.29, 1.82) is 0 Å². The van der Waals surface area contributed by atoms with E-state index in [-0.39, 0.29) is 17.9 Å². The van der Waals surface area contributed by atoms with E-state index in [4.69, 9.17) is 5.73 Å². The van der Waals surface area contributed by atoms with E-state index >= 15 is 0 Å². The third-order valence-electron chi connectivity index (χ3n) is 3.46. The van der Waals surface area contributed by atoms with Crippen LogP contribution in [0.5, 0.6) is 0 Å². The number of aliphatic hydroxyl groups excluding tert-OH is 1. The predicted molar refractivity (Wildman–Crippen MR) is 71.5 cm³/mol. The molecule has 0 spiro atoms. The van der Waals surface area contributed by atoms with E-state index in [9.17, 15) is 9.90 Å². The van der Waals surface area contributed by atoms with Gasteiger partial charge in [0.25, 0.3) is 5.91 Å². The molecule has 0 heterocycles. The lowest BCUT2D eigenvalue weighted by atomic mass is 10.1. The summed E-state index contributed by atoms with van der Waals surface area (Å²) in [5.74, 6) is -0.147. The molecule has 1 aromatic carbocycles. The van der Waals surface area contributed by atoms with Crippen LogP contribution in [0.2, 0.25) is 0 Å². The van der Waals surface area contributed by atoms with Crippen LogP contribution in [0.1, 0.15) is 23.2 Å². The van der Waals surface area contributed by atoms with Crippen LogP contribution in [-0.2, 0) is 0 Å². The van der Waals surface area contributed by atoms with Crippen LogP contribution in [0.15, 0.2) is 18.2 Å². The van der Waals surface area contributed by atoms with E-state index in [2.05, 4.69) is 10.6 Å². The van der Waals surface area contributed by atoms with Gasteiger partial charge in [-0.15, -0.1) is 0 Å². The highest BCUT2D eigenvalue weighted by atomic mass is 16.3. The van der Waals surface area contributed by atoms with Crippen LogP contribution in [0, 0.1) is 5.41 Å². The fourth-order valence-electron chi connectivity index (χ4n) is 1.89. The van der Waals surface area contributed by atoms with Gasteiger partial charge < -0.3 is 21.5 Å². The summed E-state index contributed by atoms with van der Waals surface area (Å²) in [5, 5.41) is 15.1. The molecule has 98 valence electrons. The Hall–Kier alpha value is -1.75. The Morgan fingerprint density at radius 3 is 2.78 bits per heavy atom. The van der Waals surface area contributed by atoms with Gasteiger partial charge in [0.2, 0.25) is 0 Å². The van der Waals surface area contributed by atoms with Crippen LogP contribution >= 0.6 is 0 Å². The van der Waals surface area contributed by atoms with Gasteiger partial charge in [0.1, 0.15) is 0 Å². The quantitative estimate of drug-likeness (QED) is 0.582. The van der Waals surface area contributed by atoms with Gasteiger partial charge in [-0.1, -0.05) is 0 Å². The molecule has 5 nitrogen and oxygen atoms in total. The van der Waals surface area contributed by atoms with Crippen molar-refractivity contribution in [3.05, 3.63) is 23.8 Å². The average Bonchev–Trinajstić information content (AvgIpc) is 3.16. The van der Waals surface area contributed by atoms with Crippen LogP contribution in [0.4, 0.5) is 11.4 Å². The third-order valence-corrected chi connectivity index (χ3v) is 3.46. The first-order chi connectivity index (χ1) is 8.60. The van der Waals surface area contributed by atoms with Crippen molar-refractivity contribution in [3.8, 4) is 0 Å². The molecule has 0 saturated heterocycles. The average molecular weight is 249 g/mol. The van der Waals surface area contributed by atoms with Crippen LogP contribution in [0.25, 0.3) is 0 Å². The number of carbonyl (C=O) groups is 1. The molecule has 5 N–H and O–H groups in total. The summed E-state index contributed by atoms with van der Waals surface area (Å²) in [5.41, 5.74) is 7.62. The normalized spacial score (nSPS) is 16.1. The Labute approximate surface area is 106 Å². The number of carbonyl (C=O) groups excluding carboxylic acids is 1. The van der Waals surface area contributed by atoms with Gasteiger partial charge in [0.15, 0.2) is 0 Å². The molecule has 1 aliphatic rings. The lowest BCUT2D eigenvalue weighted by molar-refractivity contribution is 0.0964. The maximum absolute atomic E-state index is 11.7. The summed E-state index contributed by atoms with van der Waals surface area (Å²) in [7, 11) is 1.60. The first-order valence-corrected chi connectivity index (χ1v) is 6.06. The van der Waals surface area contributed by atoms with Crippen molar-refractivity contribution >= 4 is 17.3 Å². The van der Waals surface area contributed by atoms with Crippen molar-refractivity contribution in [1.82, 2.24) is 5.32 Å². The zero-order valence-electron chi connectivity index (χ0n) is 10.5. The van der Waals surface area contributed by atoms with Crippen LogP contribution in [-0.4, -0.2) is 31.2 Å². The summed E-state index contributed by atoms with van der Waals surface area (Å²) >= 11 is 0. The van der Waals surface area contributed by atoms with Crippen LogP contribution in [0.3, 0.4) is 0 Å². The molecule has 0 bridgehead atoms. The van der Waals surface area contributed by atoms with Crippen molar-refractivity contribution in [3.63, 3.8) is 0 Å². The molecule has 5 heteroatoms. The molecular formula is C13H19N3O2. The molecule has 0 radical (unpaired) electrons. The predicted octanol–water partition coefficient (Wildman–Crippen LogP) is 0.813. The van der Waals surface area contributed by atoms with Crippen molar-refractivity contribution < 1.29 is 9.90 Å². The number of nitrogens with two attached hydrogens (primary N) is 1. The van der Waals surface area contributed by atoms with Gasteiger partial charge in [-0.3, -0.25) is 4.79 Å². The Bertz CT molecular complexity index is 456. The lowest BCUT2D eigenvalue weighted by Gasteiger charge is -2.16. The third kappa shape index (κ3) is 2.56. The number of aliphatic hydroxyl groups is 1. The highest BCUT2D eigenvalue weighted by Gasteiger charge is 2.41. The summed E-state index contributed by atoms with van der Waals surface area (Å²) in [4.78, 5) is 11.7. The summed E-state index contributed by atoms with van der Waals surface area (Å²) in [6.45, 7) is 0.842. The number of hydrogen-bond donors (Lipinski definition) is 4. The van der Waals surface area contributed by atoms with E-state index < -0.39 is 0 Å². The second-order valence-corrected chi connectivity index (χ2v) is 4.90. The Morgan fingerprint density at radius 1 is 1.50 bits per heavy atom. The summed E-state index contributed by atoms with van der Waals surface area (Å²) in [6, 6.07) is 5.15. The number of rotatable bonds is 5. The van der Waals surface area contributed by atoms with Crippen molar-refractivity contribution in [2.45, 2.75) is 12.8 Å². The molecule has 1 aliphatic carbocycles. The van der Waals surface area contributed by atoms with E-state index in [1.807, 2.05) is 0 Å².